The highest BCUT2D eigenvalue weighted by molar-refractivity contribution is 7.99. The van der Waals surface area contributed by atoms with Crippen molar-refractivity contribution in [1.29, 1.82) is 0 Å². The lowest BCUT2D eigenvalue weighted by atomic mass is 10.2. The van der Waals surface area contributed by atoms with Crippen molar-refractivity contribution in [3.05, 3.63) is 21.9 Å². The van der Waals surface area contributed by atoms with E-state index in [0.29, 0.717) is 0 Å². The van der Waals surface area contributed by atoms with Crippen LogP contribution in [0.25, 0.3) is 0 Å². The maximum Gasteiger partial charge on any atom is 0.254 e. The molecule has 1 saturated heterocycles. The van der Waals surface area contributed by atoms with Crippen LogP contribution in [0.4, 0.5) is 0 Å². The van der Waals surface area contributed by atoms with Gasteiger partial charge in [0, 0.05) is 11.8 Å². The fourth-order valence-corrected chi connectivity index (χ4v) is 2.90. The van der Waals surface area contributed by atoms with Gasteiger partial charge in [-0.1, -0.05) is 23.2 Å². The first-order valence-electron chi connectivity index (χ1n) is 4.74. The molecule has 0 bridgehead atoms. The first-order chi connectivity index (χ1) is 7.66. The Morgan fingerprint density at radius 2 is 2.31 bits per heavy atom. The summed E-state index contributed by atoms with van der Waals surface area (Å²) in [6, 6.07) is 1.63. The van der Waals surface area contributed by atoms with Crippen LogP contribution >= 0.6 is 35.0 Å². The number of nitrogens with one attached hydrogen (secondary N) is 1. The number of amides is 1. The molecule has 1 fully saturated rings. The third-order valence-electron chi connectivity index (χ3n) is 2.23. The van der Waals surface area contributed by atoms with Gasteiger partial charge in [0.2, 0.25) is 0 Å². The topological polar surface area (TPSA) is 54.9 Å². The molecule has 1 aliphatic heterocycles. The highest BCUT2D eigenvalue weighted by atomic mass is 35.5. The summed E-state index contributed by atoms with van der Waals surface area (Å²) in [7, 11) is 0. The molecule has 1 aromatic rings. The van der Waals surface area contributed by atoms with Gasteiger partial charge in [0.25, 0.3) is 5.91 Å². The molecular weight excluding hydrogens is 269 g/mol. The monoisotopic (exact) mass is 277 g/mol. The average Bonchev–Trinajstić information content (AvgIpc) is 2.74. The van der Waals surface area contributed by atoms with Crippen molar-refractivity contribution in [2.24, 2.45) is 0 Å². The number of carbonyl (C=O) groups is 1. The smallest absolute Gasteiger partial charge is 0.254 e. The zero-order chi connectivity index (χ0) is 11.5. The SMILES string of the molecule is O=C(NC1CCSC1)c1cc(Cl)nnc1Cl. The van der Waals surface area contributed by atoms with E-state index in [1.54, 1.807) is 0 Å². The fourth-order valence-electron chi connectivity index (χ4n) is 1.42. The minimum Gasteiger partial charge on any atom is -0.348 e. The second-order valence-corrected chi connectivity index (χ2v) is 5.30. The number of rotatable bonds is 2. The lowest BCUT2D eigenvalue weighted by molar-refractivity contribution is 0.0941. The molecule has 2 heterocycles. The average molecular weight is 278 g/mol. The van der Waals surface area contributed by atoms with Gasteiger partial charge < -0.3 is 5.32 Å². The molecule has 0 aromatic carbocycles. The maximum atomic E-state index is 11.8. The van der Waals surface area contributed by atoms with Crippen molar-refractivity contribution in [3.8, 4) is 0 Å². The van der Waals surface area contributed by atoms with Crippen molar-refractivity contribution >= 4 is 40.9 Å². The van der Waals surface area contributed by atoms with Crippen molar-refractivity contribution in [1.82, 2.24) is 15.5 Å². The van der Waals surface area contributed by atoms with Gasteiger partial charge in [-0.05, 0) is 18.2 Å². The summed E-state index contributed by atoms with van der Waals surface area (Å²) in [6.07, 6.45) is 0.986. The molecule has 7 heteroatoms. The van der Waals surface area contributed by atoms with Crippen LogP contribution in [0.5, 0.6) is 0 Å². The van der Waals surface area contributed by atoms with E-state index >= 15 is 0 Å². The molecule has 0 saturated carbocycles. The number of halogens is 2. The van der Waals surface area contributed by atoms with Crippen LogP contribution in [-0.2, 0) is 0 Å². The maximum absolute atomic E-state index is 11.8. The van der Waals surface area contributed by atoms with Gasteiger partial charge in [-0.2, -0.15) is 11.8 Å². The van der Waals surface area contributed by atoms with E-state index < -0.39 is 0 Å². The Balaban J connectivity index is 2.10. The summed E-state index contributed by atoms with van der Waals surface area (Å²) in [5.74, 6) is 1.78. The summed E-state index contributed by atoms with van der Waals surface area (Å²) in [5, 5.41) is 10.3. The Labute approximate surface area is 107 Å². The van der Waals surface area contributed by atoms with E-state index in [0.717, 1.165) is 17.9 Å². The Kier molecular flexibility index (Phi) is 3.89. The predicted molar refractivity (Wildman–Crippen MR) is 65.2 cm³/mol. The van der Waals surface area contributed by atoms with Gasteiger partial charge in [-0.15, -0.1) is 10.2 Å². The van der Waals surface area contributed by atoms with Crippen LogP contribution in [0.3, 0.4) is 0 Å². The van der Waals surface area contributed by atoms with E-state index in [1.807, 2.05) is 11.8 Å². The van der Waals surface area contributed by atoms with E-state index in [4.69, 9.17) is 23.2 Å². The third kappa shape index (κ3) is 2.78. The molecule has 0 spiro atoms. The van der Waals surface area contributed by atoms with Crippen molar-refractivity contribution < 1.29 is 4.79 Å². The van der Waals surface area contributed by atoms with Gasteiger partial charge in [0.05, 0.1) is 5.56 Å². The number of hydrogen-bond acceptors (Lipinski definition) is 4. The number of hydrogen-bond donors (Lipinski definition) is 1. The minimum atomic E-state index is -0.241. The van der Waals surface area contributed by atoms with E-state index in [1.165, 1.54) is 6.07 Å². The summed E-state index contributed by atoms with van der Waals surface area (Å²) >= 11 is 13.3. The lowest BCUT2D eigenvalue weighted by Crippen LogP contribution is -2.34. The Hall–Kier alpha value is -0.520. The molecule has 16 heavy (non-hydrogen) atoms. The van der Waals surface area contributed by atoms with E-state index in [-0.39, 0.29) is 27.8 Å². The molecule has 1 N–H and O–H groups in total. The minimum absolute atomic E-state index is 0.0764. The van der Waals surface area contributed by atoms with E-state index in [9.17, 15) is 4.79 Å². The number of thioether (sulfide) groups is 1. The van der Waals surface area contributed by atoms with Crippen LogP contribution in [0.2, 0.25) is 10.3 Å². The molecule has 1 amide bonds. The van der Waals surface area contributed by atoms with Crippen LogP contribution in [-0.4, -0.2) is 33.7 Å². The molecule has 86 valence electrons. The van der Waals surface area contributed by atoms with Gasteiger partial charge in [0.1, 0.15) is 0 Å². The molecule has 1 atom stereocenters. The zero-order valence-electron chi connectivity index (χ0n) is 8.24. The van der Waals surface area contributed by atoms with Crippen LogP contribution in [0, 0.1) is 0 Å². The highest BCUT2D eigenvalue weighted by Gasteiger charge is 2.20. The van der Waals surface area contributed by atoms with Crippen molar-refractivity contribution in [2.75, 3.05) is 11.5 Å². The largest absolute Gasteiger partial charge is 0.348 e. The highest BCUT2D eigenvalue weighted by Crippen LogP contribution is 2.19. The lowest BCUT2D eigenvalue weighted by Gasteiger charge is -2.11. The molecule has 1 aliphatic rings. The number of nitrogens with zero attached hydrogens (tertiary/aromatic N) is 2. The van der Waals surface area contributed by atoms with Gasteiger partial charge >= 0.3 is 0 Å². The molecule has 2 rings (SSSR count). The third-order valence-corrected chi connectivity index (χ3v) is 3.85. The molecule has 1 unspecified atom stereocenters. The normalized spacial score (nSPS) is 19.8. The molecule has 0 aliphatic carbocycles. The number of carbonyl (C=O) groups excluding carboxylic acids is 1. The molecular formula is C9H9Cl2N3OS. The van der Waals surface area contributed by atoms with Crippen LogP contribution in [0.15, 0.2) is 6.07 Å². The fraction of sp³-hybridized carbons (Fsp3) is 0.444. The molecule has 0 radical (unpaired) electrons. The summed E-state index contributed by atoms with van der Waals surface area (Å²) in [6.45, 7) is 0. The molecule has 4 nitrogen and oxygen atoms in total. The Morgan fingerprint density at radius 3 is 3.00 bits per heavy atom. The second kappa shape index (κ2) is 5.21. The zero-order valence-corrected chi connectivity index (χ0v) is 10.6. The molecule has 1 aromatic heterocycles. The standard InChI is InChI=1S/C9H9Cl2N3OS/c10-7-3-6(8(11)14-13-7)9(15)12-5-1-2-16-4-5/h3,5H,1-2,4H2,(H,12,15). The Bertz CT molecular complexity index is 410. The van der Waals surface area contributed by atoms with Gasteiger partial charge in [-0.3, -0.25) is 4.79 Å². The predicted octanol–water partition coefficient (Wildman–Crippen LogP) is 2.02. The van der Waals surface area contributed by atoms with Crippen molar-refractivity contribution in [2.45, 2.75) is 12.5 Å². The first kappa shape index (κ1) is 12.0. The summed E-state index contributed by atoms with van der Waals surface area (Å²) in [4.78, 5) is 11.8. The summed E-state index contributed by atoms with van der Waals surface area (Å²) in [5.41, 5.74) is 0.276. The van der Waals surface area contributed by atoms with E-state index in [2.05, 4.69) is 15.5 Å². The van der Waals surface area contributed by atoms with Gasteiger partial charge in [-0.25, -0.2) is 0 Å². The van der Waals surface area contributed by atoms with Crippen LogP contribution in [0.1, 0.15) is 16.8 Å². The van der Waals surface area contributed by atoms with Crippen LogP contribution < -0.4 is 5.32 Å². The van der Waals surface area contributed by atoms with Crippen molar-refractivity contribution in [3.63, 3.8) is 0 Å². The Morgan fingerprint density at radius 1 is 1.50 bits per heavy atom. The number of aromatic nitrogens is 2. The van der Waals surface area contributed by atoms with Gasteiger partial charge in [0.15, 0.2) is 10.3 Å². The summed E-state index contributed by atoms with van der Waals surface area (Å²) < 4.78 is 0. The quantitative estimate of drug-likeness (QED) is 0.899. The second-order valence-electron chi connectivity index (χ2n) is 3.41. The first-order valence-corrected chi connectivity index (χ1v) is 6.65.